The molecule has 0 fully saturated rings. The van der Waals surface area contributed by atoms with Crippen LogP contribution in [0.2, 0.25) is 5.15 Å². The largest absolute Gasteiger partial charge is 0.326 e. The molecule has 3 rings (SSSR count). The van der Waals surface area contributed by atoms with Gasteiger partial charge in [-0.1, -0.05) is 23.7 Å². The molecule has 126 valence electrons. The molecule has 0 bridgehead atoms. The molecule has 6 nitrogen and oxygen atoms in total. The minimum absolute atomic E-state index is 0.175. The van der Waals surface area contributed by atoms with Crippen molar-refractivity contribution in [2.24, 2.45) is 0 Å². The van der Waals surface area contributed by atoms with Crippen LogP contribution in [0, 0.1) is 0 Å². The second-order valence-corrected chi connectivity index (χ2v) is 5.66. The molecule has 0 saturated heterocycles. The molecular formula is C18H15ClN4O2. The maximum atomic E-state index is 12.1. The number of fused-ring (bicyclic) bond motifs is 1. The molecule has 2 aromatic heterocycles. The molecule has 0 radical (unpaired) electrons. The molecule has 3 aromatic rings. The van der Waals surface area contributed by atoms with Crippen molar-refractivity contribution < 1.29 is 9.59 Å². The van der Waals surface area contributed by atoms with Gasteiger partial charge in [0.05, 0.1) is 5.69 Å². The Morgan fingerprint density at radius 2 is 1.88 bits per heavy atom. The summed E-state index contributed by atoms with van der Waals surface area (Å²) in [5.41, 5.74) is 2.51. The molecule has 0 aliphatic heterocycles. The van der Waals surface area contributed by atoms with Crippen molar-refractivity contribution in [1.29, 1.82) is 0 Å². The zero-order chi connectivity index (χ0) is 17.8. The second-order valence-electron chi connectivity index (χ2n) is 5.30. The lowest BCUT2D eigenvalue weighted by Crippen LogP contribution is -2.09. The van der Waals surface area contributed by atoms with E-state index in [0.717, 1.165) is 0 Å². The van der Waals surface area contributed by atoms with Crippen LogP contribution in [0.4, 0.5) is 11.4 Å². The maximum Gasteiger partial charge on any atom is 0.248 e. The summed E-state index contributed by atoms with van der Waals surface area (Å²) in [6.45, 7) is 1.42. The van der Waals surface area contributed by atoms with E-state index in [2.05, 4.69) is 15.6 Å². The summed E-state index contributed by atoms with van der Waals surface area (Å²) in [5.74, 6) is -0.493. The topological polar surface area (TPSA) is 75.5 Å². The first-order valence-corrected chi connectivity index (χ1v) is 7.90. The molecule has 2 heterocycles. The quantitative estimate of drug-likeness (QED) is 0.703. The summed E-state index contributed by atoms with van der Waals surface area (Å²) >= 11 is 6.13. The van der Waals surface area contributed by atoms with Crippen molar-refractivity contribution in [2.75, 3.05) is 10.6 Å². The molecule has 0 aliphatic carbocycles. The SMILES string of the molecule is CC(=O)Nc1cccc(NC(=O)C=Cc2c(Cl)nc3ccccn23)c1. The maximum absolute atomic E-state index is 12.1. The minimum Gasteiger partial charge on any atom is -0.326 e. The Balaban J connectivity index is 1.75. The summed E-state index contributed by atoms with van der Waals surface area (Å²) in [5, 5.41) is 5.72. The number of imidazole rings is 1. The third-order valence-corrected chi connectivity index (χ3v) is 3.64. The van der Waals surface area contributed by atoms with E-state index in [1.807, 2.05) is 24.4 Å². The number of carbonyl (C=O) groups is 2. The highest BCUT2D eigenvalue weighted by molar-refractivity contribution is 6.31. The highest BCUT2D eigenvalue weighted by atomic mass is 35.5. The van der Waals surface area contributed by atoms with Gasteiger partial charge in [0.25, 0.3) is 0 Å². The molecule has 0 unspecified atom stereocenters. The van der Waals surface area contributed by atoms with Crippen LogP contribution < -0.4 is 10.6 Å². The molecule has 7 heteroatoms. The van der Waals surface area contributed by atoms with E-state index in [1.54, 1.807) is 34.7 Å². The van der Waals surface area contributed by atoms with E-state index in [1.165, 1.54) is 13.0 Å². The van der Waals surface area contributed by atoms with Crippen molar-refractivity contribution >= 4 is 46.5 Å². The van der Waals surface area contributed by atoms with Crippen LogP contribution in [0.5, 0.6) is 0 Å². The number of amides is 2. The Kier molecular flexibility index (Phi) is 4.81. The van der Waals surface area contributed by atoms with Gasteiger partial charge in [0, 0.05) is 30.6 Å². The lowest BCUT2D eigenvalue weighted by atomic mass is 10.2. The normalized spacial score (nSPS) is 11.0. The Bertz CT molecular complexity index is 978. The second kappa shape index (κ2) is 7.19. The first-order valence-electron chi connectivity index (χ1n) is 7.52. The van der Waals surface area contributed by atoms with E-state index in [4.69, 9.17) is 11.6 Å². The Hall–Kier alpha value is -3.12. The fourth-order valence-corrected chi connectivity index (χ4v) is 2.59. The van der Waals surface area contributed by atoms with Crippen molar-refractivity contribution in [1.82, 2.24) is 9.38 Å². The molecule has 0 saturated carbocycles. The van der Waals surface area contributed by atoms with E-state index >= 15 is 0 Å². The van der Waals surface area contributed by atoms with E-state index < -0.39 is 0 Å². The number of nitrogens with one attached hydrogen (secondary N) is 2. The van der Waals surface area contributed by atoms with Gasteiger partial charge in [0.15, 0.2) is 5.15 Å². The van der Waals surface area contributed by atoms with Crippen molar-refractivity contribution in [3.8, 4) is 0 Å². The van der Waals surface area contributed by atoms with Crippen LogP contribution >= 0.6 is 11.6 Å². The van der Waals surface area contributed by atoms with Crippen LogP contribution in [0.3, 0.4) is 0 Å². The molecule has 0 atom stereocenters. The van der Waals surface area contributed by atoms with Crippen molar-refractivity contribution in [3.05, 3.63) is 65.6 Å². The van der Waals surface area contributed by atoms with Crippen LogP contribution in [0.15, 0.2) is 54.7 Å². The average molecular weight is 355 g/mol. The number of anilines is 2. The number of carbonyl (C=O) groups excluding carboxylic acids is 2. The number of pyridine rings is 1. The number of hydrogen-bond acceptors (Lipinski definition) is 3. The third-order valence-electron chi connectivity index (χ3n) is 3.37. The van der Waals surface area contributed by atoms with Gasteiger partial charge in [-0.15, -0.1) is 0 Å². The average Bonchev–Trinajstić information content (AvgIpc) is 2.88. The number of rotatable bonds is 4. The van der Waals surface area contributed by atoms with Crippen LogP contribution in [-0.4, -0.2) is 21.2 Å². The minimum atomic E-state index is -0.318. The van der Waals surface area contributed by atoms with Crippen LogP contribution in [0.25, 0.3) is 11.7 Å². The first kappa shape index (κ1) is 16.7. The highest BCUT2D eigenvalue weighted by Gasteiger charge is 2.07. The molecule has 25 heavy (non-hydrogen) atoms. The molecule has 0 aliphatic rings. The molecule has 0 spiro atoms. The van der Waals surface area contributed by atoms with Crippen LogP contribution in [-0.2, 0) is 9.59 Å². The number of nitrogens with zero attached hydrogens (tertiary/aromatic N) is 2. The monoisotopic (exact) mass is 354 g/mol. The molecular weight excluding hydrogens is 340 g/mol. The van der Waals surface area contributed by atoms with Crippen molar-refractivity contribution in [2.45, 2.75) is 6.92 Å². The fourth-order valence-electron chi connectivity index (χ4n) is 2.35. The Morgan fingerprint density at radius 3 is 2.64 bits per heavy atom. The summed E-state index contributed by atoms with van der Waals surface area (Å²) in [7, 11) is 0. The van der Waals surface area contributed by atoms with Gasteiger partial charge in [-0.3, -0.25) is 14.0 Å². The van der Waals surface area contributed by atoms with E-state index in [0.29, 0.717) is 27.9 Å². The summed E-state index contributed by atoms with van der Waals surface area (Å²) < 4.78 is 1.80. The summed E-state index contributed by atoms with van der Waals surface area (Å²) in [6.07, 6.45) is 4.81. The van der Waals surface area contributed by atoms with E-state index in [9.17, 15) is 9.59 Å². The number of benzene rings is 1. The van der Waals surface area contributed by atoms with Gasteiger partial charge >= 0.3 is 0 Å². The van der Waals surface area contributed by atoms with Crippen LogP contribution in [0.1, 0.15) is 12.6 Å². The predicted molar refractivity (Wildman–Crippen MR) is 98.6 cm³/mol. The summed E-state index contributed by atoms with van der Waals surface area (Å²) in [6, 6.07) is 12.4. The summed E-state index contributed by atoms with van der Waals surface area (Å²) in [4.78, 5) is 27.4. The lowest BCUT2D eigenvalue weighted by Gasteiger charge is -2.06. The van der Waals surface area contributed by atoms with E-state index in [-0.39, 0.29) is 11.8 Å². The highest BCUT2D eigenvalue weighted by Crippen LogP contribution is 2.19. The zero-order valence-corrected chi connectivity index (χ0v) is 14.1. The third kappa shape index (κ3) is 4.05. The number of halogens is 1. The first-order chi connectivity index (χ1) is 12.0. The van der Waals surface area contributed by atoms with Crippen molar-refractivity contribution in [3.63, 3.8) is 0 Å². The van der Waals surface area contributed by atoms with Gasteiger partial charge in [-0.2, -0.15) is 0 Å². The Morgan fingerprint density at radius 1 is 1.12 bits per heavy atom. The zero-order valence-electron chi connectivity index (χ0n) is 13.4. The van der Waals surface area contributed by atoms with Gasteiger partial charge in [0.2, 0.25) is 11.8 Å². The van der Waals surface area contributed by atoms with Gasteiger partial charge in [-0.05, 0) is 36.4 Å². The smallest absolute Gasteiger partial charge is 0.248 e. The van der Waals surface area contributed by atoms with Gasteiger partial charge < -0.3 is 10.6 Å². The molecule has 2 N–H and O–H groups in total. The van der Waals surface area contributed by atoms with Gasteiger partial charge in [-0.25, -0.2) is 4.98 Å². The fraction of sp³-hybridized carbons (Fsp3) is 0.0556. The lowest BCUT2D eigenvalue weighted by molar-refractivity contribution is -0.114. The number of aromatic nitrogens is 2. The Labute approximate surface area is 149 Å². The number of hydrogen-bond donors (Lipinski definition) is 2. The predicted octanol–water partition coefficient (Wildman–Crippen LogP) is 3.60. The molecule has 2 amide bonds. The van der Waals surface area contributed by atoms with Gasteiger partial charge in [0.1, 0.15) is 5.65 Å². The standard InChI is InChI=1S/C18H15ClN4O2/c1-12(24)20-13-5-4-6-14(11-13)21-17(25)9-8-15-18(19)22-16-7-2-3-10-23(15)16/h2-11H,1H3,(H,20,24)(H,21,25). The molecule has 1 aromatic carbocycles.